The van der Waals surface area contributed by atoms with Gasteiger partial charge in [-0.15, -0.1) is 0 Å². The number of aromatic nitrogens is 5. The van der Waals surface area contributed by atoms with Crippen LogP contribution in [0.15, 0.2) is 60.7 Å². The Labute approximate surface area is 178 Å². The van der Waals surface area contributed by atoms with E-state index in [0.29, 0.717) is 17.0 Å². The number of esters is 1. The lowest BCUT2D eigenvalue weighted by Crippen LogP contribution is -2.12. The highest BCUT2D eigenvalue weighted by atomic mass is 16.5. The fourth-order valence-electron chi connectivity index (χ4n) is 3.17. The van der Waals surface area contributed by atoms with Gasteiger partial charge in [0.2, 0.25) is 11.9 Å². The van der Waals surface area contributed by atoms with Crippen LogP contribution in [0.5, 0.6) is 0 Å². The highest BCUT2D eigenvalue weighted by Crippen LogP contribution is 2.19. The van der Waals surface area contributed by atoms with E-state index in [1.807, 2.05) is 67.6 Å². The van der Waals surface area contributed by atoms with E-state index in [1.54, 1.807) is 11.6 Å². The molecule has 9 nitrogen and oxygen atoms in total. The smallest absolute Gasteiger partial charge is 0.342 e. The van der Waals surface area contributed by atoms with Crippen LogP contribution in [0.25, 0.3) is 5.69 Å². The molecule has 0 aliphatic rings. The van der Waals surface area contributed by atoms with Crippen LogP contribution in [0.1, 0.15) is 27.6 Å². The lowest BCUT2D eigenvalue weighted by molar-refractivity contribution is 0.0460. The summed E-state index contributed by atoms with van der Waals surface area (Å²) in [5.41, 5.74) is 9.13. The number of para-hydroxylation sites is 2. The standard InChI is InChI=1S/C22H21N7O2/c1-14-19(15(2)29(28-14)17-11-7-4-8-12-17)20(30)31-13-18-25-21(23)27-22(26-18)24-16-9-5-3-6-10-16/h3-12H,13H2,1-2H3,(H3,23,24,25,26,27). The Hall–Kier alpha value is -4.27. The van der Waals surface area contributed by atoms with Gasteiger partial charge in [0, 0.05) is 5.69 Å². The summed E-state index contributed by atoms with van der Waals surface area (Å²) in [6, 6.07) is 19.0. The molecule has 0 atom stereocenters. The van der Waals surface area contributed by atoms with Crippen LogP contribution in [0.4, 0.5) is 17.6 Å². The van der Waals surface area contributed by atoms with Crippen LogP contribution in [-0.4, -0.2) is 30.7 Å². The molecule has 0 saturated heterocycles. The Bertz CT molecular complexity index is 1210. The Morgan fingerprint density at radius 2 is 1.68 bits per heavy atom. The summed E-state index contributed by atoms with van der Waals surface area (Å²) < 4.78 is 7.17. The van der Waals surface area contributed by atoms with Gasteiger partial charge in [-0.2, -0.15) is 20.1 Å². The number of nitrogen functional groups attached to an aromatic ring is 1. The molecule has 0 unspecified atom stereocenters. The molecule has 0 aliphatic heterocycles. The highest BCUT2D eigenvalue weighted by molar-refractivity contribution is 5.92. The molecular weight excluding hydrogens is 394 g/mol. The third-order valence-electron chi connectivity index (χ3n) is 4.56. The largest absolute Gasteiger partial charge is 0.454 e. The summed E-state index contributed by atoms with van der Waals surface area (Å²) in [5, 5.41) is 7.52. The number of nitrogens with two attached hydrogens (primary N) is 1. The molecule has 0 radical (unpaired) electrons. The third kappa shape index (κ3) is 4.50. The Morgan fingerprint density at radius 3 is 2.39 bits per heavy atom. The van der Waals surface area contributed by atoms with Gasteiger partial charge in [0.15, 0.2) is 12.4 Å². The van der Waals surface area contributed by atoms with Crippen molar-refractivity contribution < 1.29 is 9.53 Å². The van der Waals surface area contributed by atoms with E-state index in [9.17, 15) is 4.79 Å². The van der Waals surface area contributed by atoms with E-state index in [4.69, 9.17) is 10.5 Å². The van der Waals surface area contributed by atoms with Crippen LogP contribution < -0.4 is 11.1 Å². The van der Waals surface area contributed by atoms with Crippen molar-refractivity contribution in [1.82, 2.24) is 24.7 Å². The number of hydrogen-bond acceptors (Lipinski definition) is 8. The van der Waals surface area contributed by atoms with Crippen molar-refractivity contribution in [1.29, 1.82) is 0 Å². The first kappa shape index (κ1) is 20.0. The van der Waals surface area contributed by atoms with E-state index in [-0.39, 0.29) is 24.3 Å². The molecule has 0 spiro atoms. The number of nitrogens with zero attached hydrogens (tertiary/aromatic N) is 5. The number of nitrogens with one attached hydrogen (secondary N) is 1. The number of rotatable bonds is 6. The maximum atomic E-state index is 12.8. The topological polar surface area (TPSA) is 121 Å². The minimum Gasteiger partial charge on any atom is -0.454 e. The highest BCUT2D eigenvalue weighted by Gasteiger charge is 2.21. The second kappa shape index (κ2) is 8.62. The Morgan fingerprint density at radius 1 is 1.00 bits per heavy atom. The molecule has 31 heavy (non-hydrogen) atoms. The second-order valence-electron chi connectivity index (χ2n) is 6.79. The van der Waals surface area contributed by atoms with Gasteiger partial charge in [0.1, 0.15) is 5.56 Å². The van der Waals surface area contributed by atoms with E-state index >= 15 is 0 Å². The summed E-state index contributed by atoms with van der Waals surface area (Å²) >= 11 is 0. The molecule has 3 N–H and O–H groups in total. The number of benzene rings is 2. The Kier molecular flexibility index (Phi) is 5.57. The number of anilines is 3. The molecule has 2 aromatic heterocycles. The molecule has 4 aromatic rings. The van der Waals surface area contributed by atoms with Gasteiger partial charge in [0.05, 0.1) is 17.1 Å². The molecule has 2 heterocycles. The van der Waals surface area contributed by atoms with Crippen LogP contribution >= 0.6 is 0 Å². The first-order valence-electron chi connectivity index (χ1n) is 9.62. The van der Waals surface area contributed by atoms with E-state index in [0.717, 1.165) is 11.4 Å². The molecule has 0 amide bonds. The summed E-state index contributed by atoms with van der Waals surface area (Å²) in [6.45, 7) is 3.45. The van der Waals surface area contributed by atoms with Crippen LogP contribution in [-0.2, 0) is 11.3 Å². The fourth-order valence-corrected chi connectivity index (χ4v) is 3.17. The summed E-state index contributed by atoms with van der Waals surface area (Å²) in [6.07, 6.45) is 0. The van der Waals surface area contributed by atoms with Crippen molar-refractivity contribution in [2.75, 3.05) is 11.1 Å². The zero-order chi connectivity index (χ0) is 21.8. The normalized spacial score (nSPS) is 10.6. The van der Waals surface area contributed by atoms with Gasteiger partial charge in [-0.25, -0.2) is 9.48 Å². The van der Waals surface area contributed by atoms with Crippen molar-refractivity contribution in [2.45, 2.75) is 20.5 Å². The molecule has 0 saturated carbocycles. The Balaban J connectivity index is 1.50. The average Bonchev–Trinajstić information content (AvgIpc) is 3.07. The molecule has 0 aliphatic carbocycles. The maximum absolute atomic E-state index is 12.8. The van der Waals surface area contributed by atoms with Gasteiger partial charge in [-0.3, -0.25) is 0 Å². The predicted octanol–water partition coefficient (Wildman–Crippen LogP) is 3.36. The molecule has 156 valence electrons. The molecule has 4 rings (SSSR count). The van der Waals surface area contributed by atoms with Gasteiger partial charge in [-0.05, 0) is 38.1 Å². The van der Waals surface area contributed by atoms with Crippen molar-refractivity contribution in [3.05, 3.63) is 83.4 Å². The summed E-state index contributed by atoms with van der Waals surface area (Å²) in [4.78, 5) is 25.2. The molecule has 0 fully saturated rings. The van der Waals surface area contributed by atoms with Gasteiger partial charge in [-0.1, -0.05) is 36.4 Å². The predicted molar refractivity (Wildman–Crippen MR) is 116 cm³/mol. The first-order valence-corrected chi connectivity index (χ1v) is 9.62. The van der Waals surface area contributed by atoms with Gasteiger partial charge >= 0.3 is 5.97 Å². The summed E-state index contributed by atoms with van der Waals surface area (Å²) in [5.74, 6) is 0.0384. The van der Waals surface area contributed by atoms with Gasteiger partial charge < -0.3 is 15.8 Å². The van der Waals surface area contributed by atoms with Crippen molar-refractivity contribution in [3.8, 4) is 5.69 Å². The summed E-state index contributed by atoms with van der Waals surface area (Å²) in [7, 11) is 0. The van der Waals surface area contributed by atoms with Crippen LogP contribution in [0, 0.1) is 13.8 Å². The quantitative estimate of drug-likeness (QED) is 0.460. The van der Waals surface area contributed by atoms with E-state index in [2.05, 4.69) is 25.4 Å². The van der Waals surface area contributed by atoms with E-state index < -0.39 is 5.97 Å². The monoisotopic (exact) mass is 415 g/mol. The lowest BCUT2D eigenvalue weighted by Gasteiger charge is -2.08. The molecule has 0 bridgehead atoms. The van der Waals surface area contributed by atoms with Crippen LogP contribution in [0.2, 0.25) is 0 Å². The zero-order valence-corrected chi connectivity index (χ0v) is 17.1. The SMILES string of the molecule is Cc1nn(-c2ccccc2)c(C)c1C(=O)OCc1nc(N)nc(Nc2ccccc2)n1. The van der Waals surface area contributed by atoms with E-state index in [1.165, 1.54) is 0 Å². The van der Waals surface area contributed by atoms with Crippen molar-refractivity contribution in [2.24, 2.45) is 0 Å². The molecular formula is C22H21N7O2. The maximum Gasteiger partial charge on any atom is 0.342 e. The van der Waals surface area contributed by atoms with Crippen molar-refractivity contribution >= 4 is 23.6 Å². The number of hydrogen-bond donors (Lipinski definition) is 2. The first-order chi connectivity index (χ1) is 15.0. The number of ether oxygens (including phenoxy) is 1. The molecule has 2 aromatic carbocycles. The minimum absolute atomic E-state index is 0.0312. The number of carbonyl (C=O) groups is 1. The second-order valence-corrected chi connectivity index (χ2v) is 6.79. The van der Waals surface area contributed by atoms with Crippen molar-refractivity contribution in [3.63, 3.8) is 0 Å². The zero-order valence-electron chi connectivity index (χ0n) is 17.1. The minimum atomic E-state index is -0.506. The average molecular weight is 415 g/mol. The lowest BCUT2D eigenvalue weighted by atomic mass is 10.2. The fraction of sp³-hybridized carbons (Fsp3) is 0.136. The third-order valence-corrected chi connectivity index (χ3v) is 4.56. The molecule has 9 heteroatoms. The number of aryl methyl sites for hydroxylation is 1. The number of carbonyl (C=O) groups excluding carboxylic acids is 1. The van der Waals surface area contributed by atoms with Crippen LogP contribution in [0.3, 0.4) is 0 Å². The van der Waals surface area contributed by atoms with Gasteiger partial charge in [0.25, 0.3) is 0 Å².